The van der Waals surface area contributed by atoms with Crippen LogP contribution in [0.25, 0.3) is 0 Å². The fourth-order valence-corrected chi connectivity index (χ4v) is 2.19. The second-order valence-electron chi connectivity index (χ2n) is 4.29. The number of methoxy groups -OCH3 is 1. The standard InChI is InChI=1S/C14H19BrFNO2/c1-17(10-5-3-4-9-15)14(18)13-11(16)7-6-8-12(13)19-2/h6-8H,3-5,9-10H2,1-2H3. The highest BCUT2D eigenvalue weighted by molar-refractivity contribution is 9.09. The largest absolute Gasteiger partial charge is 0.496 e. The van der Waals surface area contributed by atoms with E-state index in [-0.39, 0.29) is 17.2 Å². The summed E-state index contributed by atoms with van der Waals surface area (Å²) in [5.41, 5.74) is 0.00740. The molecule has 3 nitrogen and oxygen atoms in total. The maximum atomic E-state index is 13.8. The third-order valence-electron chi connectivity index (χ3n) is 2.88. The van der Waals surface area contributed by atoms with Gasteiger partial charge in [-0.15, -0.1) is 0 Å². The number of hydrogen-bond acceptors (Lipinski definition) is 2. The fraction of sp³-hybridized carbons (Fsp3) is 0.500. The minimum Gasteiger partial charge on any atom is -0.496 e. The molecule has 0 aromatic heterocycles. The van der Waals surface area contributed by atoms with Crippen LogP contribution in [0.15, 0.2) is 18.2 Å². The molecule has 0 heterocycles. The van der Waals surface area contributed by atoms with Gasteiger partial charge in [-0.1, -0.05) is 28.4 Å². The summed E-state index contributed by atoms with van der Waals surface area (Å²) in [5, 5.41) is 0.964. The first kappa shape index (κ1) is 16.0. The van der Waals surface area contributed by atoms with Gasteiger partial charge >= 0.3 is 0 Å². The topological polar surface area (TPSA) is 29.5 Å². The van der Waals surface area contributed by atoms with Crippen LogP contribution in [-0.4, -0.2) is 36.8 Å². The van der Waals surface area contributed by atoms with Crippen molar-refractivity contribution in [2.75, 3.05) is 26.0 Å². The van der Waals surface area contributed by atoms with Crippen LogP contribution in [0, 0.1) is 5.82 Å². The molecule has 1 rings (SSSR count). The molecule has 19 heavy (non-hydrogen) atoms. The zero-order valence-corrected chi connectivity index (χ0v) is 12.9. The van der Waals surface area contributed by atoms with Gasteiger partial charge < -0.3 is 9.64 Å². The molecular weight excluding hydrogens is 313 g/mol. The van der Waals surface area contributed by atoms with Gasteiger partial charge in [0.25, 0.3) is 5.91 Å². The first-order chi connectivity index (χ1) is 9.11. The van der Waals surface area contributed by atoms with Crippen molar-refractivity contribution >= 4 is 21.8 Å². The highest BCUT2D eigenvalue weighted by Gasteiger charge is 2.20. The Morgan fingerprint density at radius 3 is 2.74 bits per heavy atom. The lowest BCUT2D eigenvalue weighted by molar-refractivity contribution is 0.0784. The highest BCUT2D eigenvalue weighted by atomic mass is 79.9. The van der Waals surface area contributed by atoms with Crippen LogP contribution in [0.4, 0.5) is 4.39 Å². The van der Waals surface area contributed by atoms with E-state index in [4.69, 9.17) is 4.74 Å². The summed E-state index contributed by atoms with van der Waals surface area (Å²) in [6.45, 7) is 0.614. The summed E-state index contributed by atoms with van der Waals surface area (Å²) in [6, 6.07) is 4.39. The van der Waals surface area contributed by atoms with Crippen LogP contribution in [0.3, 0.4) is 0 Å². The Kier molecular flexibility index (Phi) is 6.84. The number of rotatable bonds is 7. The predicted molar refractivity (Wildman–Crippen MR) is 77.6 cm³/mol. The molecule has 0 saturated heterocycles. The second-order valence-corrected chi connectivity index (χ2v) is 5.09. The maximum Gasteiger partial charge on any atom is 0.260 e. The molecule has 0 atom stereocenters. The lowest BCUT2D eigenvalue weighted by atomic mass is 10.1. The van der Waals surface area contributed by atoms with E-state index >= 15 is 0 Å². The predicted octanol–water partition coefficient (Wildman–Crippen LogP) is 3.47. The van der Waals surface area contributed by atoms with Gasteiger partial charge in [0, 0.05) is 18.9 Å². The molecule has 0 aliphatic heterocycles. The Bertz CT molecular complexity index is 426. The van der Waals surface area contributed by atoms with E-state index in [1.165, 1.54) is 24.1 Å². The monoisotopic (exact) mass is 331 g/mol. The Morgan fingerprint density at radius 2 is 2.11 bits per heavy atom. The van der Waals surface area contributed by atoms with Gasteiger partial charge in [0.05, 0.1) is 7.11 Å². The number of ether oxygens (including phenoxy) is 1. The van der Waals surface area contributed by atoms with Crippen molar-refractivity contribution in [1.29, 1.82) is 0 Å². The van der Waals surface area contributed by atoms with Crippen molar-refractivity contribution in [3.05, 3.63) is 29.6 Å². The molecule has 0 aliphatic rings. The Labute approximate surface area is 121 Å². The molecule has 1 aromatic carbocycles. The summed E-state index contributed by atoms with van der Waals surface area (Å²) in [7, 11) is 3.11. The summed E-state index contributed by atoms with van der Waals surface area (Å²) in [5.74, 6) is -0.609. The third-order valence-corrected chi connectivity index (χ3v) is 3.44. The van der Waals surface area contributed by atoms with Crippen LogP contribution in [0.5, 0.6) is 5.75 Å². The molecule has 1 amide bonds. The van der Waals surface area contributed by atoms with Gasteiger partial charge in [0.15, 0.2) is 0 Å². The Morgan fingerprint density at radius 1 is 1.37 bits per heavy atom. The zero-order chi connectivity index (χ0) is 14.3. The van der Waals surface area contributed by atoms with Crippen molar-refractivity contribution in [1.82, 2.24) is 4.90 Å². The molecule has 0 bridgehead atoms. The lowest BCUT2D eigenvalue weighted by Crippen LogP contribution is -2.29. The van der Waals surface area contributed by atoms with E-state index in [2.05, 4.69) is 15.9 Å². The van der Waals surface area contributed by atoms with Crippen LogP contribution >= 0.6 is 15.9 Å². The van der Waals surface area contributed by atoms with E-state index in [9.17, 15) is 9.18 Å². The molecule has 5 heteroatoms. The van der Waals surface area contributed by atoms with E-state index in [0.717, 1.165) is 24.6 Å². The number of halogens is 2. The highest BCUT2D eigenvalue weighted by Crippen LogP contribution is 2.22. The molecule has 0 spiro atoms. The molecule has 0 saturated carbocycles. The minimum atomic E-state index is -0.545. The van der Waals surface area contributed by atoms with Crippen LogP contribution in [-0.2, 0) is 0 Å². The SMILES string of the molecule is COc1cccc(F)c1C(=O)N(C)CCCCCBr. The average Bonchev–Trinajstić information content (AvgIpc) is 2.42. The molecule has 0 aliphatic carbocycles. The van der Waals surface area contributed by atoms with E-state index in [0.29, 0.717) is 6.54 Å². The number of alkyl halides is 1. The van der Waals surface area contributed by atoms with Crippen LogP contribution in [0.1, 0.15) is 29.6 Å². The first-order valence-electron chi connectivity index (χ1n) is 6.25. The molecule has 106 valence electrons. The number of amides is 1. The number of nitrogens with zero attached hydrogens (tertiary/aromatic N) is 1. The number of unbranched alkanes of at least 4 members (excludes halogenated alkanes) is 2. The maximum absolute atomic E-state index is 13.8. The fourth-order valence-electron chi connectivity index (χ4n) is 1.79. The van der Waals surface area contributed by atoms with Crippen molar-refractivity contribution in [3.63, 3.8) is 0 Å². The second kappa shape index (κ2) is 8.15. The molecular formula is C14H19BrFNO2. The number of hydrogen-bond donors (Lipinski definition) is 0. The number of carbonyl (C=O) groups excluding carboxylic acids is 1. The zero-order valence-electron chi connectivity index (χ0n) is 11.3. The van der Waals surface area contributed by atoms with Gasteiger partial charge in [-0.05, 0) is 25.0 Å². The van der Waals surface area contributed by atoms with Gasteiger partial charge in [0.2, 0.25) is 0 Å². The lowest BCUT2D eigenvalue weighted by Gasteiger charge is -2.18. The van der Waals surface area contributed by atoms with Crippen molar-refractivity contribution < 1.29 is 13.9 Å². The summed E-state index contributed by atoms with van der Waals surface area (Å²) in [6.07, 6.45) is 3.02. The van der Waals surface area contributed by atoms with Gasteiger partial charge in [-0.2, -0.15) is 0 Å². The van der Waals surface area contributed by atoms with Gasteiger partial charge in [-0.3, -0.25) is 4.79 Å². The Hall–Kier alpha value is -1.10. The summed E-state index contributed by atoms with van der Waals surface area (Å²) < 4.78 is 18.8. The van der Waals surface area contributed by atoms with E-state index < -0.39 is 5.82 Å². The van der Waals surface area contributed by atoms with Crippen LogP contribution < -0.4 is 4.74 Å². The number of benzene rings is 1. The molecule has 0 unspecified atom stereocenters. The minimum absolute atomic E-state index is 0.00740. The Balaban J connectivity index is 2.71. The third kappa shape index (κ3) is 4.49. The van der Waals surface area contributed by atoms with Crippen LogP contribution in [0.2, 0.25) is 0 Å². The van der Waals surface area contributed by atoms with Gasteiger partial charge in [-0.25, -0.2) is 4.39 Å². The average molecular weight is 332 g/mol. The molecule has 1 aromatic rings. The van der Waals surface area contributed by atoms with Crippen molar-refractivity contribution in [2.24, 2.45) is 0 Å². The van der Waals surface area contributed by atoms with E-state index in [1.54, 1.807) is 13.1 Å². The van der Waals surface area contributed by atoms with Gasteiger partial charge in [0.1, 0.15) is 17.1 Å². The molecule has 0 N–H and O–H groups in total. The smallest absolute Gasteiger partial charge is 0.260 e. The molecule has 0 fully saturated rings. The molecule has 0 radical (unpaired) electrons. The first-order valence-corrected chi connectivity index (χ1v) is 7.38. The normalized spacial score (nSPS) is 10.3. The quantitative estimate of drug-likeness (QED) is 0.565. The van der Waals surface area contributed by atoms with Crippen molar-refractivity contribution in [3.8, 4) is 5.75 Å². The van der Waals surface area contributed by atoms with E-state index in [1.807, 2.05) is 0 Å². The summed E-state index contributed by atoms with van der Waals surface area (Å²) >= 11 is 3.36. The number of carbonyl (C=O) groups is 1. The van der Waals surface area contributed by atoms with Crippen molar-refractivity contribution in [2.45, 2.75) is 19.3 Å². The summed E-state index contributed by atoms with van der Waals surface area (Å²) in [4.78, 5) is 13.7.